The molecule has 1 saturated carbocycles. The van der Waals surface area contributed by atoms with Gasteiger partial charge in [0.25, 0.3) is 0 Å². The molecule has 1 aliphatic carbocycles. The van der Waals surface area contributed by atoms with Gasteiger partial charge in [-0.2, -0.15) is 5.10 Å². The molecule has 2 aromatic heterocycles. The first-order valence-electron chi connectivity index (χ1n) is 12.6. The highest BCUT2D eigenvalue weighted by Crippen LogP contribution is 2.48. The van der Waals surface area contributed by atoms with Gasteiger partial charge in [0, 0.05) is 67.7 Å². The number of fused-ring (bicyclic) bond motifs is 1. The van der Waals surface area contributed by atoms with Crippen LogP contribution >= 0.6 is 0 Å². The number of aryl methyl sites for hydroxylation is 1. The Kier molecular flexibility index (Phi) is 6.08. The molecule has 0 radical (unpaired) electrons. The lowest BCUT2D eigenvalue weighted by Crippen LogP contribution is -2.21. The lowest BCUT2D eigenvalue weighted by molar-refractivity contribution is 0.394. The van der Waals surface area contributed by atoms with E-state index in [-0.39, 0.29) is 0 Å². The molecule has 0 saturated heterocycles. The molecular formula is C29H30N6O2. The Labute approximate surface area is 216 Å². The van der Waals surface area contributed by atoms with E-state index in [0.717, 1.165) is 64.7 Å². The highest BCUT2D eigenvalue weighted by molar-refractivity contribution is 5.83. The van der Waals surface area contributed by atoms with Crippen molar-refractivity contribution in [1.82, 2.24) is 19.7 Å². The molecule has 8 nitrogen and oxygen atoms in total. The van der Waals surface area contributed by atoms with Gasteiger partial charge in [0.05, 0.1) is 43.3 Å². The van der Waals surface area contributed by atoms with Gasteiger partial charge in [-0.3, -0.25) is 14.7 Å². The smallest absolute Gasteiger partial charge is 0.124 e. The van der Waals surface area contributed by atoms with Crippen molar-refractivity contribution in [2.75, 3.05) is 32.2 Å². The third-order valence-electron chi connectivity index (χ3n) is 7.23. The molecule has 0 bridgehead atoms. The molecule has 6 rings (SSSR count). The number of aliphatic imine (C=N–C) groups is 1. The first kappa shape index (κ1) is 23.2. The van der Waals surface area contributed by atoms with E-state index >= 15 is 0 Å². The summed E-state index contributed by atoms with van der Waals surface area (Å²) >= 11 is 0. The van der Waals surface area contributed by atoms with E-state index in [0.29, 0.717) is 11.8 Å². The Bertz CT molecular complexity index is 1490. The monoisotopic (exact) mass is 494 g/mol. The van der Waals surface area contributed by atoms with E-state index in [2.05, 4.69) is 50.3 Å². The fourth-order valence-corrected chi connectivity index (χ4v) is 5.12. The maximum atomic E-state index is 5.60. The zero-order chi connectivity index (χ0) is 25.4. The Morgan fingerprint density at radius 1 is 1.00 bits per heavy atom. The van der Waals surface area contributed by atoms with E-state index in [1.165, 1.54) is 12.0 Å². The van der Waals surface area contributed by atoms with E-state index in [1.807, 2.05) is 37.8 Å². The molecule has 37 heavy (non-hydrogen) atoms. The largest absolute Gasteiger partial charge is 0.497 e. The number of anilines is 2. The van der Waals surface area contributed by atoms with E-state index < -0.39 is 0 Å². The molecule has 0 amide bonds. The number of dihydropyridines is 1. The second kappa shape index (κ2) is 9.69. The lowest BCUT2D eigenvalue weighted by atomic mass is 10.0. The standard InChI is InChI=1S/C29H30N6O2/c1-34-17-21(15-32-34)29-16-31-27-5-4-22(13-28(27)33-29)35(23-11-24(36-2)14-25(12-23)37-3)18-20-10-26(20)19-6-8-30-9-7-19/h4-6,8,11-17,20,26H,7,9-10,18H2,1-3H3. The maximum Gasteiger partial charge on any atom is 0.124 e. The molecule has 1 aliphatic heterocycles. The summed E-state index contributed by atoms with van der Waals surface area (Å²) in [5, 5.41) is 4.28. The van der Waals surface area contributed by atoms with Crippen molar-refractivity contribution in [3.05, 3.63) is 66.6 Å². The average Bonchev–Trinajstić information content (AvgIpc) is 3.59. The molecule has 1 fully saturated rings. The van der Waals surface area contributed by atoms with Crippen molar-refractivity contribution in [2.24, 2.45) is 23.9 Å². The number of rotatable bonds is 8. The van der Waals surface area contributed by atoms with Crippen LogP contribution in [0.4, 0.5) is 11.4 Å². The summed E-state index contributed by atoms with van der Waals surface area (Å²) in [6.07, 6.45) is 12.0. The van der Waals surface area contributed by atoms with Crippen molar-refractivity contribution < 1.29 is 9.47 Å². The third kappa shape index (κ3) is 4.79. The number of hydrogen-bond donors (Lipinski definition) is 0. The van der Waals surface area contributed by atoms with Crippen molar-refractivity contribution in [1.29, 1.82) is 0 Å². The van der Waals surface area contributed by atoms with Gasteiger partial charge in [-0.05, 0) is 49.0 Å². The summed E-state index contributed by atoms with van der Waals surface area (Å²) in [6.45, 7) is 1.78. The number of aromatic nitrogens is 4. The summed E-state index contributed by atoms with van der Waals surface area (Å²) in [4.78, 5) is 16.3. The quantitative estimate of drug-likeness (QED) is 0.334. The van der Waals surface area contributed by atoms with E-state index in [9.17, 15) is 0 Å². The molecule has 8 heteroatoms. The van der Waals surface area contributed by atoms with E-state index in [1.54, 1.807) is 25.1 Å². The summed E-state index contributed by atoms with van der Waals surface area (Å²) < 4.78 is 13.0. The Morgan fingerprint density at radius 3 is 2.54 bits per heavy atom. The number of nitrogens with zero attached hydrogens (tertiary/aromatic N) is 6. The Morgan fingerprint density at radius 2 is 1.84 bits per heavy atom. The highest BCUT2D eigenvalue weighted by Gasteiger charge is 2.41. The second-order valence-corrected chi connectivity index (χ2v) is 9.66. The topological polar surface area (TPSA) is 77.7 Å². The summed E-state index contributed by atoms with van der Waals surface area (Å²) in [6, 6.07) is 12.3. The minimum absolute atomic E-state index is 0.568. The number of methoxy groups -OCH3 is 2. The van der Waals surface area contributed by atoms with Crippen LogP contribution in [0.25, 0.3) is 22.3 Å². The van der Waals surface area contributed by atoms with Gasteiger partial charge in [0.1, 0.15) is 11.5 Å². The van der Waals surface area contributed by atoms with Crippen LogP contribution in [-0.4, -0.2) is 53.3 Å². The van der Waals surface area contributed by atoms with Gasteiger partial charge < -0.3 is 14.4 Å². The molecule has 0 spiro atoms. The normalized spacial score (nSPS) is 18.5. The average molecular weight is 495 g/mol. The molecular weight excluding hydrogens is 464 g/mol. The first-order valence-corrected chi connectivity index (χ1v) is 12.6. The van der Waals surface area contributed by atoms with Crippen LogP contribution in [0, 0.1) is 11.8 Å². The molecule has 2 aliphatic rings. The first-order chi connectivity index (χ1) is 18.1. The zero-order valence-corrected chi connectivity index (χ0v) is 21.3. The van der Waals surface area contributed by atoms with Gasteiger partial charge >= 0.3 is 0 Å². The van der Waals surface area contributed by atoms with Crippen LogP contribution in [0.1, 0.15) is 12.8 Å². The molecule has 188 valence electrons. The number of ether oxygens (including phenoxy) is 2. The zero-order valence-electron chi connectivity index (χ0n) is 21.3. The lowest BCUT2D eigenvalue weighted by Gasteiger charge is -2.27. The fourth-order valence-electron chi connectivity index (χ4n) is 5.12. The minimum atomic E-state index is 0.568. The molecule has 2 atom stereocenters. The number of benzene rings is 2. The molecule has 0 N–H and O–H groups in total. The van der Waals surface area contributed by atoms with Crippen LogP contribution in [0.3, 0.4) is 0 Å². The van der Waals surface area contributed by atoms with Crippen LogP contribution in [0.15, 0.2) is 71.6 Å². The van der Waals surface area contributed by atoms with Crippen molar-refractivity contribution in [3.8, 4) is 22.8 Å². The molecule has 4 aromatic rings. The molecule has 2 aromatic carbocycles. The van der Waals surface area contributed by atoms with E-state index in [4.69, 9.17) is 14.5 Å². The van der Waals surface area contributed by atoms with Crippen LogP contribution in [-0.2, 0) is 7.05 Å². The Balaban J connectivity index is 1.38. The SMILES string of the molecule is COc1cc(OC)cc(N(CC2CC2C2=CC=NCC2)c2ccc3ncc(-c4cnn(C)c4)nc3c2)c1. The van der Waals surface area contributed by atoms with Gasteiger partial charge in [-0.25, -0.2) is 4.98 Å². The van der Waals surface area contributed by atoms with Crippen molar-refractivity contribution in [3.63, 3.8) is 0 Å². The summed E-state index contributed by atoms with van der Waals surface area (Å²) in [5.41, 5.74) is 7.06. The number of allylic oxidation sites excluding steroid dienone is 1. The van der Waals surface area contributed by atoms with Crippen LogP contribution in [0.5, 0.6) is 11.5 Å². The van der Waals surface area contributed by atoms with Gasteiger partial charge in [0.15, 0.2) is 0 Å². The Hall–Kier alpha value is -4.20. The number of hydrogen-bond acceptors (Lipinski definition) is 7. The van der Waals surface area contributed by atoms with Gasteiger partial charge in [-0.1, -0.05) is 5.57 Å². The third-order valence-corrected chi connectivity index (χ3v) is 7.23. The van der Waals surface area contributed by atoms with Crippen LogP contribution in [0.2, 0.25) is 0 Å². The fraction of sp³-hybridized carbons (Fsp3) is 0.310. The molecule has 3 heterocycles. The second-order valence-electron chi connectivity index (χ2n) is 9.66. The van der Waals surface area contributed by atoms with Crippen molar-refractivity contribution in [2.45, 2.75) is 12.8 Å². The summed E-state index contributed by atoms with van der Waals surface area (Å²) in [7, 11) is 5.27. The summed E-state index contributed by atoms with van der Waals surface area (Å²) in [5.74, 6) is 2.70. The van der Waals surface area contributed by atoms with Crippen LogP contribution < -0.4 is 14.4 Å². The minimum Gasteiger partial charge on any atom is -0.497 e. The highest BCUT2D eigenvalue weighted by atomic mass is 16.5. The van der Waals surface area contributed by atoms with Gasteiger partial charge in [-0.15, -0.1) is 0 Å². The predicted molar refractivity (Wildman–Crippen MR) is 146 cm³/mol. The predicted octanol–water partition coefficient (Wildman–Crippen LogP) is 5.22. The van der Waals surface area contributed by atoms with Gasteiger partial charge in [0.2, 0.25) is 0 Å². The molecule has 2 unspecified atom stereocenters. The maximum absolute atomic E-state index is 5.60. The van der Waals surface area contributed by atoms with Crippen molar-refractivity contribution >= 4 is 28.6 Å².